The number of methoxy groups -OCH3 is 1. The lowest BCUT2D eigenvalue weighted by Gasteiger charge is -2.14. The largest absolute Gasteiger partial charge is 0.491 e. The first-order valence-electron chi connectivity index (χ1n) is 7.21. The molecule has 4 nitrogen and oxygen atoms in total. The zero-order valence-corrected chi connectivity index (χ0v) is 12.8. The molecular formula is C17H22N2O2. The summed E-state index contributed by atoms with van der Waals surface area (Å²) in [6.07, 6.45) is 1.21. The van der Waals surface area contributed by atoms with E-state index in [-0.39, 0.29) is 6.10 Å². The second-order valence-corrected chi connectivity index (χ2v) is 4.89. The van der Waals surface area contributed by atoms with Crippen LogP contribution in [0.5, 0.6) is 11.6 Å². The molecule has 0 aliphatic rings. The molecule has 1 aromatic heterocycles. The minimum absolute atomic E-state index is 0.223. The Bertz CT molecular complexity index is 572. The molecule has 0 aliphatic heterocycles. The van der Waals surface area contributed by atoms with Crippen LogP contribution in [0.2, 0.25) is 0 Å². The molecule has 112 valence electrons. The number of anilines is 1. The maximum atomic E-state index is 5.82. The first-order valence-corrected chi connectivity index (χ1v) is 7.21. The molecule has 1 aromatic carbocycles. The molecule has 0 fully saturated rings. The van der Waals surface area contributed by atoms with Gasteiger partial charge in [0.2, 0.25) is 5.88 Å². The van der Waals surface area contributed by atoms with Crippen LogP contribution < -0.4 is 14.8 Å². The first kappa shape index (κ1) is 15.2. The van der Waals surface area contributed by atoms with E-state index in [9.17, 15) is 0 Å². The summed E-state index contributed by atoms with van der Waals surface area (Å²) in [4.78, 5) is 4.37. The van der Waals surface area contributed by atoms with Crippen LogP contribution in [0.4, 0.5) is 5.69 Å². The number of nitrogens with zero attached hydrogens (tertiary/aromatic N) is 1. The Labute approximate surface area is 126 Å². The van der Waals surface area contributed by atoms with Gasteiger partial charge in [-0.1, -0.05) is 19.1 Å². The van der Waals surface area contributed by atoms with Gasteiger partial charge in [0, 0.05) is 17.8 Å². The zero-order valence-electron chi connectivity index (χ0n) is 12.8. The normalized spacial score (nSPS) is 11.8. The van der Waals surface area contributed by atoms with Gasteiger partial charge in [-0.2, -0.15) is 0 Å². The second-order valence-electron chi connectivity index (χ2n) is 4.89. The lowest BCUT2D eigenvalue weighted by Crippen LogP contribution is -2.10. The Hall–Kier alpha value is -2.23. The van der Waals surface area contributed by atoms with Crippen LogP contribution in [0.25, 0.3) is 0 Å². The fourth-order valence-electron chi connectivity index (χ4n) is 1.86. The third kappa shape index (κ3) is 4.67. The molecule has 0 radical (unpaired) electrons. The van der Waals surface area contributed by atoms with Crippen LogP contribution in [0.15, 0.2) is 42.5 Å². The number of hydrogen-bond donors (Lipinski definition) is 1. The fourth-order valence-corrected chi connectivity index (χ4v) is 1.86. The second kappa shape index (κ2) is 7.53. The summed E-state index contributed by atoms with van der Waals surface area (Å²) in [5.41, 5.74) is 1.95. The number of hydrogen-bond acceptors (Lipinski definition) is 4. The standard InChI is InChI=1S/C17H22N2O2/c1-4-13(2)21-16-9-5-7-14(11-16)18-12-15-8-6-10-17(19-15)20-3/h5-11,13,18H,4,12H2,1-3H3. The Kier molecular flexibility index (Phi) is 5.43. The topological polar surface area (TPSA) is 43.4 Å². The van der Waals surface area contributed by atoms with E-state index in [0.29, 0.717) is 12.4 Å². The Morgan fingerprint density at radius 2 is 2.00 bits per heavy atom. The van der Waals surface area contributed by atoms with Crippen molar-refractivity contribution in [3.63, 3.8) is 0 Å². The zero-order chi connectivity index (χ0) is 15.1. The summed E-state index contributed by atoms with van der Waals surface area (Å²) < 4.78 is 10.9. The summed E-state index contributed by atoms with van der Waals surface area (Å²) in [5, 5.41) is 3.35. The van der Waals surface area contributed by atoms with E-state index < -0.39 is 0 Å². The molecule has 0 spiro atoms. The third-order valence-corrected chi connectivity index (χ3v) is 3.21. The van der Waals surface area contributed by atoms with Crippen molar-refractivity contribution in [3.05, 3.63) is 48.2 Å². The van der Waals surface area contributed by atoms with Crippen molar-refractivity contribution in [1.29, 1.82) is 0 Å². The van der Waals surface area contributed by atoms with Gasteiger partial charge in [-0.15, -0.1) is 0 Å². The van der Waals surface area contributed by atoms with Gasteiger partial charge in [-0.05, 0) is 31.5 Å². The third-order valence-electron chi connectivity index (χ3n) is 3.21. The molecule has 0 aliphatic carbocycles. The van der Waals surface area contributed by atoms with E-state index in [0.717, 1.165) is 23.6 Å². The van der Waals surface area contributed by atoms with Gasteiger partial charge in [-0.3, -0.25) is 0 Å². The summed E-state index contributed by atoms with van der Waals surface area (Å²) >= 11 is 0. The summed E-state index contributed by atoms with van der Waals surface area (Å²) in [6, 6.07) is 13.7. The molecule has 0 saturated carbocycles. The number of rotatable bonds is 7. The minimum atomic E-state index is 0.223. The molecule has 21 heavy (non-hydrogen) atoms. The Morgan fingerprint density at radius 3 is 2.76 bits per heavy atom. The molecular weight excluding hydrogens is 264 g/mol. The summed E-state index contributed by atoms with van der Waals surface area (Å²) in [7, 11) is 1.62. The number of benzene rings is 1. The number of ether oxygens (including phenoxy) is 2. The van der Waals surface area contributed by atoms with Gasteiger partial charge in [-0.25, -0.2) is 4.98 Å². The molecule has 0 saturated heterocycles. The van der Waals surface area contributed by atoms with E-state index in [1.807, 2.05) is 42.5 Å². The molecule has 1 atom stereocenters. The predicted octanol–water partition coefficient (Wildman–Crippen LogP) is 3.88. The van der Waals surface area contributed by atoms with Gasteiger partial charge in [0.05, 0.1) is 25.5 Å². The average Bonchev–Trinajstić information content (AvgIpc) is 2.53. The molecule has 1 heterocycles. The van der Waals surface area contributed by atoms with Crippen LogP contribution in [0.3, 0.4) is 0 Å². The lowest BCUT2D eigenvalue weighted by atomic mass is 10.2. The van der Waals surface area contributed by atoms with Crippen molar-refractivity contribution in [1.82, 2.24) is 4.98 Å². The van der Waals surface area contributed by atoms with Gasteiger partial charge in [0.15, 0.2) is 0 Å². The highest BCUT2D eigenvalue weighted by atomic mass is 16.5. The summed E-state index contributed by atoms with van der Waals surface area (Å²) in [5.74, 6) is 1.51. The summed E-state index contributed by atoms with van der Waals surface area (Å²) in [6.45, 7) is 4.82. The van der Waals surface area contributed by atoms with Gasteiger partial charge in [0.1, 0.15) is 5.75 Å². The molecule has 1 N–H and O–H groups in total. The van der Waals surface area contributed by atoms with Crippen molar-refractivity contribution in [2.45, 2.75) is 32.9 Å². The highest BCUT2D eigenvalue weighted by molar-refractivity contribution is 5.48. The van der Waals surface area contributed by atoms with E-state index in [4.69, 9.17) is 9.47 Å². The monoisotopic (exact) mass is 286 g/mol. The Balaban J connectivity index is 1.97. The number of nitrogens with one attached hydrogen (secondary N) is 1. The van der Waals surface area contributed by atoms with E-state index >= 15 is 0 Å². The van der Waals surface area contributed by atoms with Crippen molar-refractivity contribution < 1.29 is 9.47 Å². The first-order chi connectivity index (χ1) is 10.2. The van der Waals surface area contributed by atoms with Gasteiger partial charge in [0.25, 0.3) is 0 Å². The molecule has 2 rings (SSSR count). The number of aromatic nitrogens is 1. The Morgan fingerprint density at radius 1 is 1.19 bits per heavy atom. The molecule has 0 bridgehead atoms. The van der Waals surface area contributed by atoms with Crippen LogP contribution in [0, 0.1) is 0 Å². The highest BCUT2D eigenvalue weighted by Crippen LogP contribution is 2.20. The molecule has 2 aromatic rings. The van der Waals surface area contributed by atoms with E-state index in [1.54, 1.807) is 7.11 Å². The quantitative estimate of drug-likeness (QED) is 0.839. The molecule has 0 amide bonds. The van der Waals surface area contributed by atoms with Crippen molar-refractivity contribution in [2.75, 3.05) is 12.4 Å². The molecule has 4 heteroatoms. The van der Waals surface area contributed by atoms with Crippen molar-refractivity contribution >= 4 is 5.69 Å². The minimum Gasteiger partial charge on any atom is -0.491 e. The maximum absolute atomic E-state index is 5.82. The van der Waals surface area contributed by atoms with Crippen LogP contribution in [0.1, 0.15) is 26.0 Å². The van der Waals surface area contributed by atoms with Crippen molar-refractivity contribution in [2.24, 2.45) is 0 Å². The highest BCUT2D eigenvalue weighted by Gasteiger charge is 2.03. The van der Waals surface area contributed by atoms with E-state index in [2.05, 4.69) is 24.1 Å². The molecule has 1 unspecified atom stereocenters. The number of pyridine rings is 1. The fraction of sp³-hybridized carbons (Fsp3) is 0.353. The predicted molar refractivity (Wildman–Crippen MR) is 84.9 cm³/mol. The van der Waals surface area contributed by atoms with Gasteiger partial charge < -0.3 is 14.8 Å². The van der Waals surface area contributed by atoms with Crippen LogP contribution in [-0.4, -0.2) is 18.2 Å². The lowest BCUT2D eigenvalue weighted by molar-refractivity contribution is 0.217. The van der Waals surface area contributed by atoms with Crippen LogP contribution in [-0.2, 0) is 6.54 Å². The smallest absolute Gasteiger partial charge is 0.213 e. The SMILES string of the molecule is CCC(C)Oc1cccc(NCc2cccc(OC)n2)c1. The van der Waals surface area contributed by atoms with E-state index in [1.165, 1.54) is 0 Å². The maximum Gasteiger partial charge on any atom is 0.213 e. The van der Waals surface area contributed by atoms with Crippen molar-refractivity contribution in [3.8, 4) is 11.6 Å². The van der Waals surface area contributed by atoms with Crippen LogP contribution >= 0.6 is 0 Å². The average molecular weight is 286 g/mol. The van der Waals surface area contributed by atoms with Gasteiger partial charge >= 0.3 is 0 Å².